The molecule has 0 radical (unpaired) electrons. The lowest BCUT2D eigenvalue weighted by Gasteiger charge is -2.36. The first-order chi connectivity index (χ1) is 10.5. The van der Waals surface area contributed by atoms with Crippen LogP contribution in [0, 0.1) is 18.8 Å². The molecule has 4 rings (SSSR count). The number of hydrogen-bond acceptors (Lipinski definition) is 4. The monoisotopic (exact) mass is 299 g/mol. The third kappa shape index (κ3) is 2.27. The number of aryl methyl sites for hydroxylation is 2. The van der Waals surface area contributed by atoms with Gasteiger partial charge in [-0.25, -0.2) is 9.97 Å². The lowest BCUT2D eigenvalue weighted by molar-refractivity contribution is 0.355. The lowest BCUT2D eigenvalue weighted by Crippen LogP contribution is -2.39. The van der Waals surface area contributed by atoms with Gasteiger partial charge < -0.3 is 4.90 Å². The zero-order chi connectivity index (χ0) is 15.4. The van der Waals surface area contributed by atoms with Crippen LogP contribution in [0.25, 0.3) is 11.0 Å². The van der Waals surface area contributed by atoms with E-state index in [9.17, 15) is 0 Å². The quantitative estimate of drug-likeness (QED) is 0.855. The lowest BCUT2D eigenvalue weighted by atomic mass is 9.92. The van der Waals surface area contributed by atoms with E-state index in [1.807, 2.05) is 11.7 Å². The second-order valence-electron chi connectivity index (χ2n) is 7.44. The van der Waals surface area contributed by atoms with Crippen LogP contribution < -0.4 is 4.90 Å². The maximum Gasteiger partial charge on any atom is 0.158 e. The number of aromatic nitrogens is 4. The summed E-state index contributed by atoms with van der Waals surface area (Å²) in [7, 11) is 2.01. The Morgan fingerprint density at radius 3 is 2.36 bits per heavy atom. The standard InChI is InChI=1S/C17H25N5/c1-10-7-11(2)9-22(8-10)17-15-14(12(3)20-21(15)4)18-16(19-17)13-5-6-13/h10-11,13H,5-9H2,1-4H3/t10-,11+. The Hall–Kier alpha value is -1.65. The third-order valence-electron chi connectivity index (χ3n) is 4.96. The Labute approximate surface area is 131 Å². The van der Waals surface area contributed by atoms with Crippen molar-refractivity contribution in [3.63, 3.8) is 0 Å². The van der Waals surface area contributed by atoms with E-state index in [2.05, 4.69) is 30.8 Å². The molecule has 1 saturated heterocycles. The highest BCUT2D eigenvalue weighted by atomic mass is 15.3. The van der Waals surface area contributed by atoms with Crippen LogP contribution in [-0.2, 0) is 7.05 Å². The molecule has 3 heterocycles. The first-order valence-corrected chi connectivity index (χ1v) is 8.49. The summed E-state index contributed by atoms with van der Waals surface area (Å²) in [5.41, 5.74) is 3.16. The third-order valence-corrected chi connectivity index (χ3v) is 4.96. The molecule has 2 aliphatic rings. The molecule has 0 spiro atoms. The molecule has 1 aliphatic heterocycles. The maximum absolute atomic E-state index is 4.98. The molecule has 0 aromatic carbocycles. The average molecular weight is 299 g/mol. The van der Waals surface area contributed by atoms with E-state index in [1.165, 1.54) is 19.3 Å². The Morgan fingerprint density at radius 2 is 1.73 bits per heavy atom. The summed E-state index contributed by atoms with van der Waals surface area (Å²) in [5, 5.41) is 4.59. The first kappa shape index (κ1) is 14.0. The second-order valence-corrected chi connectivity index (χ2v) is 7.44. The van der Waals surface area contributed by atoms with Crippen molar-refractivity contribution in [2.24, 2.45) is 18.9 Å². The SMILES string of the molecule is Cc1nn(C)c2c(N3C[C@H](C)C[C@H](C)C3)nc(C3CC3)nc12. The highest BCUT2D eigenvalue weighted by Crippen LogP contribution is 2.40. The zero-order valence-electron chi connectivity index (χ0n) is 14.0. The summed E-state index contributed by atoms with van der Waals surface area (Å²) in [4.78, 5) is 12.3. The summed E-state index contributed by atoms with van der Waals surface area (Å²) in [6, 6.07) is 0. The molecule has 0 amide bonds. The fourth-order valence-corrected chi connectivity index (χ4v) is 3.91. The summed E-state index contributed by atoms with van der Waals surface area (Å²) in [6.07, 6.45) is 3.78. The Kier molecular flexibility index (Phi) is 3.13. The van der Waals surface area contributed by atoms with Gasteiger partial charge in [-0.05, 0) is 38.0 Å². The van der Waals surface area contributed by atoms with Gasteiger partial charge in [0.2, 0.25) is 0 Å². The summed E-state index contributed by atoms with van der Waals surface area (Å²) >= 11 is 0. The Morgan fingerprint density at radius 1 is 1.05 bits per heavy atom. The van der Waals surface area contributed by atoms with Crippen LogP contribution in [0.3, 0.4) is 0 Å². The Bertz CT molecular complexity index is 705. The van der Waals surface area contributed by atoms with E-state index in [1.54, 1.807) is 0 Å². The first-order valence-electron chi connectivity index (χ1n) is 8.49. The molecular formula is C17H25N5. The maximum atomic E-state index is 4.98. The topological polar surface area (TPSA) is 46.8 Å². The van der Waals surface area contributed by atoms with Gasteiger partial charge in [-0.1, -0.05) is 13.8 Å². The molecule has 1 aliphatic carbocycles. The zero-order valence-corrected chi connectivity index (χ0v) is 14.0. The van der Waals surface area contributed by atoms with Gasteiger partial charge in [0.1, 0.15) is 16.9 Å². The number of anilines is 1. The average Bonchev–Trinajstić information content (AvgIpc) is 3.25. The van der Waals surface area contributed by atoms with E-state index in [4.69, 9.17) is 9.97 Å². The van der Waals surface area contributed by atoms with Crippen molar-refractivity contribution in [1.82, 2.24) is 19.7 Å². The molecule has 5 nitrogen and oxygen atoms in total. The second kappa shape index (κ2) is 4.93. The van der Waals surface area contributed by atoms with Crippen molar-refractivity contribution in [2.75, 3.05) is 18.0 Å². The number of rotatable bonds is 2. The minimum absolute atomic E-state index is 0.572. The van der Waals surface area contributed by atoms with Crippen LogP contribution in [-0.4, -0.2) is 32.8 Å². The largest absolute Gasteiger partial charge is 0.354 e. The number of nitrogens with zero attached hydrogens (tertiary/aromatic N) is 5. The van der Waals surface area contributed by atoms with Gasteiger partial charge in [0.25, 0.3) is 0 Å². The van der Waals surface area contributed by atoms with Gasteiger partial charge >= 0.3 is 0 Å². The molecule has 118 valence electrons. The Balaban J connectivity index is 1.87. The molecule has 0 unspecified atom stereocenters. The van der Waals surface area contributed by atoms with E-state index in [-0.39, 0.29) is 0 Å². The highest BCUT2D eigenvalue weighted by molar-refractivity contribution is 5.88. The van der Waals surface area contributed by atoms with Crippen molar-refractivity contribution in [3.05, 3.63) is 11.5 Å². The van der Waals surface area contributed by atoms with Gasteiger partial charge in [0.15, 0.2) is 5.82 Å². The van der Waals surface area contributed by atoms with Crippen molar-refractivity contribution in [2.45, 2.75) is 46.0 Å². The number of fused-ring (bicyclic) bond motifs is 1. The highest BCUT2D eigenvalue weighted by Gasteiger charge is 2.31. The van der Waals surface area contributed by atoms with Crippen LogP contribution in [0.2, 0.25) is 0 Å². The van der Waals surface area contributed by atoms with E-state index < -0.39 is 0 Å². The van der Waals surface area contributed by atoms with Gasteiger partial charge in [0, 0.05) is 26.1 Å². The summed E-state index contributed by atoms with van der Waals surface area (Å²) in [5.74, 6) is 4.14. The van der Waals surface area contributed by atoms with Crippen LogP contribution in [0.1, 0.15) is 50.5 Å². The molecule has 0 N–H and O–H groups in total. The molecule has 22 heavy (non-hydrogen) atoms. The van der Waals surface area contributed by atoms with Gasteiger partial charge in [-0.15, -0.1) is 0 Å². The van der Waals surface area contributed by atoms with Crippen molar-refractivity contribution in [1.29, 1.82) is 0 Å². The van der Waals surface area contributed by atoms with Crippen molar-refractivity contribution < 1.29 is 0 Å². The van der Waals surface area contributed by atoms with Crippen molar-refractivity contribution >= 4 is 16.9 Å². The van der Waals surface area contributed by atoms with E-state index in [0.717, 1.165) is 41.5 Å². The molecule has 0 bridgehead atoms. The molecular weight excluding hydrogens is 274 g/mol. The van der Waals surface area contributed by atoms with Crippen LogP contribution >= 0.6 is 0 Å². The van der Waals surface area contributed by atoms with Crippen molar-refractivity contribution in [3.8, 4) is 0 Å². The van der Waals surface area contributed by atoms with E-state index in [0.29, 0.717) is 17.8 Å². The number of hydrogen-bond donors (Lipinski definition) is 0. The molecule has 1 saturated carbocycles. The predicted octanol–water partition coefficient (Wildman–Crippen LogP) is 3.03. The van der Waals surface area contributed by atoms with E-state index >= 15 is 0 Å². The molecule has 2 aromatic heterocycles. The van der Waals surface area contributed by atoms with Gasteiger partial charge in [-0.3, -0.25) is 4.68 Å². The number of piperidine rings is 1. The summed E-state index contributed by atoms with van der Waals surface area (Å²) < 4.78 is 1.96. The predicted molar refractivity (Wildman–Crippen MR) is 88.2 cm³/mol. The van der Waals surface area contributed by atoms with Gasteiger partial charge in [0.05, 0.1) is 5.69 Å². The molecule has 2 aromatic rings. The van der Waals surface area contributed by atoms with Crippen LogP contribution in [0.4, 0.5) is 5.82 Å². The fraction of sp³-hybridized carbons (Fsp3) is 0.706. The summed E-state index contributed by atoms with van der Waals surface area (Å²) in [6.45, 7) is 8.92. The normalized spacial score (nSPS) is 25.9. The minimum Gasteiger partial charge on any atom is -0.354 e. The molecule has 5 heteroatoms. The minimum atomic E-state index is 0.572. The van der Waals surface area contributed by atoms with Crippen LogP contribution in [0.5, 0.6) is 0 Å². The van der Waals surface area contributed by atoms with Crippen LogP contribution in [0.15, 0.2) is 0 Å². The molecule has 2 fully saturated rings. The fourth-order valence-electron chi connectivity index (χ4n) is 3.91. The van der Waals surface area contributed by atoms with Gasteiger partial charge in [-0.2, -0.15) is 5.10 Å². The molecule has 2 atom stereocenters. The smallest absolute Gasteiger partial charge is 0.158 e.